The highest BCUT2D eigenvalue weighted by Crippen LogP contribution is 2.21. The average Bonchev–Trinajstić information content (AvgIpc) is 3.52. The molecule has 5 N–H and O–H groups in total. The van der Waals surface area contributed by atoms with Crippen LogP contribution in [0.1, 0.15) is 62.4 Å². The number of carbonyl (C=O) groups is 7. The molecule has 7 amide bonds. The number of anilines is 1. The van der Waals surface area contributed by atoms with Gasteiger partial charge in [0, 0.05) is 44.2 Å². The van der Waals surface area contributed by atoms with Gasteiger partial charge < -0.3 is 36.4 Å². The Morgan fingerprint density at radius 3 is 2.22 bits per heavy atom. The van der Waals surface area contributed by atoms with Gasteiger partial charge >= 0.3 is 0 Å². The number of nitrogens with one attached hydrogen (secondary N) is 5. The number of carbonyl (C=O) groups excluding carboxylic acids is 7. The summed E-state index contributed by atoms with van der Waals surface area (Å²) in [6, 6.07) is 11.4. The summed E-state index contributed by atoms with van der Waals surface area (Å²) in [6.07, 6.45) is 1.82. The third-order valence-corrected chi connectivity index (χ3v) is 8.78. The molecule has 2 fully saturated rings. The van der Waals surface area contributed by atoms with Crippen LogP contribution in [0.5, 0.6) is 0 Å². The van der Waals surface area contributed by atoms with Gasteiger partial charge in [-0.3, -0.25) is 33.6 Å². The molecule has 4 rings (SSSR count). The Labute approximate surface area is 292 Å². The van der Waals surface area contributed by atoms with Crippen molar-refractivity contribution in [2.24, 2.45) is 5.92 Å². The molecule has 14 nitrogen and oxygen atoms in total. The second-order valence-corrected chi connectivity index (χ2v) is 13.1. The smallest absolute Gasteiger partial charge is 0.251 e. The summed E-state index contributed by atoms with van der Waals surface area (Å²) in [5.74, 6) is -3.65. The maximum Gasteiger partial charge on any atom is 0.251 e. The van der Waals surface area contributed by atoms with Crippen molar-refractivity contribution in [3.8, 4) is 0 Å². The Hall–Kier alpha value is -5.27. The predicted molar refractivity (Wildman–Crippen MR) is 186 cm³/mol. The summed E-state index contributed by atoms with van der Waals surface area (Å²) in [5, 5.41) is 13.6. The van der Waals surface area contributed by atoms with E-state index in [1.807, 2.05) is 30.3 Å². The van der Waals surface area contributed by atoms with E-state index in [4.69, 9.17) is 0 Å². The fraction of sp³-hybridized carbons (Fsp3) is 0.472. The van der Waals surface area contributed by atoms with Gasteiger partial charge in [-0.2, -0.15) is 0 Å². The molecule has 0 unspecified atom stereocenters. The normalized spacial score (nSPS) is 23.4. The molecule has 0 radical (unpaired) electrons. The van der Waals surface area contributed by atoms with Crippen molar-refractivity contribution in [3.05, 3.63) is 65.7 Å². The Morgan fingerprint density at radius 2 is 1.58 bits per heavy atom. The minimum absolute atomic E-state index is 0.0208. The van der Waals surface area contributed by atoms with E-state index < -0.39 is 65.5 Å². The lowest BCUT2D eigenvalue weighted by Crippen LogP contribution is -2.59. The van der Waals surface area contributed by atoms with E-state index in [1.54, 1.807) is 43.0 Å². The molecule has 2 aromatic rings. The molecule has 2 aliphatic heterocycles. The monoisotopic (exact) mass is 689 g/mol. The minimum Gasteiger partial charge on any atom is -0.355 e. The van der Waals surface area contributed by atoms with Gasteiger partial charge in [-0.25, -0.2) is 0 Å². The molecule has 4 atom stereocenters. The molecule has 0 aromatic heterocycles. The van der Waals surface area contributed by atoms with Crippen molar-refractivity contribution >= 4 is 47.0 Å². The van der Waals surface area contributed by atoms with Crippen LogP contribution in [-0.4, -0.2) is 97.1 Å². The van der Waals surface area contributed by atoms with Gasteiger partial charge in [-0.05, 0) is 61.9 Å². The maximum atomic E-state index is 13.6. The van der Waals surface area contributed by atoms with Crippen molar-refractivity contribution in [2.75, 3.05) is 31.6 Å². The Bertz CT molecular complexity index is 1560. The Kier molecular flexibility index (Phi) is 13.1. The van der Waals surface area contributed by atoms with Crippen LogP contribution in [0, 0.1) is 5.92 Å². The number of hydrogen-bond donors (Lipinski definition) is 5. The average molecular weight is 690 g/mol. The third kappa shape index (κ3) is 10.1. The standard InChI is InChI=1S/C36H47N7O7/c1-22(2)31-35(49)38-23(3)32(46)40-28(20-24-10-6-5-7-11-24)36(50)42(4)21-29(44)37-18-8-12-27(34(48)41-31)39-33(47)25-14-16-26(17-15-25)43-19-9-13-30(43)45/h5-7,10-11,14-17,22-23,27-28,31H,8-9,12-13,18-21H2,1-4H3,(H,37,44)(H,38,49)(H,39,47)(H,40,46)(H,41,48)/t23-,27+,28+,31-/m1/s1. The summed E-state index contributed by atoms with van der Waals surface area (Å²) in [4.78, 5) is 95.0. The van der Waals surface area contributed by atoms with Crippen molar-refractivity contribution in [3.63, 3.8) is 0 Å². The van der Waals surface area contributed by atoms with Crippen LogP contribution in [0.4, 0.5) is 5.69 Å². The van der Waals surface area contributed by atoms with Crippen LogP contribution in [0.3, 0.4) is 0 Å². The second-order valence-electron chi connectivity index (χ2n) is 13.1. The lowest BCUT2D eigenvalue weighted by atomic mass is 10.0. The highest BCUT2D eigenvalue weighted by Gasteiger charge is 2.33. The Balaban J connectivity index is 1.52. The van der Waals surface area contributed by atoms with Crippen LogP contribution in [0.2, 0.25) is 0 Å². The molecular formula is C36H47N7O7. The molecule has 268 valence electrons. The first-order chi connectivity index (χ1) is 23.8. The molecule has 2 saturated heterocycles. The molecular weight excluding hydrogens is 642 g/mol. The zero-order chi connectivity index (χ0) is 36.4. The minimum atomic E-state index is -1.08. The number of amides is 7. The lowest BCUT2D eigenvalue weighted by Gasteiger charge is -2.28. The molecule has 0 saturated carbocycles. The summed E-state index contributed by atoms with van der Waals surface area (Å²) < 4.78 is 0. The van der Waals surface area contributed by atoms with Gasteiger partial charge in [0.05, 0.1) is 6.54 Å². The molecule has 0 aliphatic carbocycles. The summed E-state index contributed by atoms with van der Waals surface area (Å²) in [6.45, 7) is 5.43. The van der Waals surface area contributed by atoms with E-state index in [0.717, 1.165) is 12.0 Å². The van der Waals surface area contributed by atoms with E-state index in [-0.39, 0.29) is 37.4 Å². The number of likely N-dealkylation sites (N-methyl/N-ethyl adjacent to an activating group) is 1. The Morgan fingerprint density at radius 1 is 0.880 bits per heavy atom. The second kappa shape index (κ2) is 17.4. The fourth-order valence-electron chi connectivity index (χ4n) is 5.88. The zero-order valence-corrected chi connectivity index (χ0v) is 29.0. The molecule has 0 bridgehead atoms. The topological polar surface area (TPSA) is 186 Å². The number of nitrogens with zero attached hydrogens (tertiary/aromatic N) is 2. The quantitative estimate of drug-likeness (QED) is 0.295. The fourth-order valence-corrected chi connectivity index (χ4v) is 5.88. The predicted octanol–water partition coefficient (Wildman–Crippen LogP) is 0.653. The maximum absolute atomic E-state index is 13.6. The number of rotatable bonds is 6. The van der Waals surface area contributed by atoms with E-state index in [9.17, 15) is 33.6 Å². The first-order valence-electron chi connectivity index (χ1n) is 17.0. The largest absolute Gasteiger partial charge is 0.355 e. The van der Waals surface area contributed by atoms with Crippen molar-refractivity contribution in [2.45, 2.75) is 77.0 Å². The van der Waals surface area contributed by atoms with Gasteiger partial charge in [0.15, 0.2) is 0 Å². The molecule has 0 spiro atoms. The highest BCUT2D eigenvalue weighted by atomic mass is 16.2. The lowest BCUT2D eigenvalue weighted by molar-refractivity contribution is -0.139. The first kappa shape index (κ1) is 37.5. The highest BCUT2D eigenvalue weighted by molar-refractivity contribution is 6.00. The van der Waals surface area contributed by atoms with Gasteiger partial charge in [0.1, 0.15) is 24.2 Å². The van der Waals surface area contributed by atoms with Crippen LogP contribution in [-0.2, 0) is 35.2 Å². The first-order valence-corrected chi connectivity index (χ1v) is 17.0. The van der Waals surface area contributed by atoms with E-state index >= 15 is 0 Å². The van der Waals surface area contributed by atoms with Gasteiger partial charge in [-0.1, -0.05) is 44.2 Å². The van der Waals surface area contributed by atoms with E-state index in [2.05, 4.69) is 26.6 Å². The van der Waals surface area contributed by atoms with Gasteiger partial charge in [0.25, 0.3) is 5.91 Å². The zero-order valence-electron chi connectivity index (χ0n) is 29.0. The van der Waals surface area contributed by atoms with E-state index in [1.165, 1.54) is 18.9 Å². The number of hydrogen-bond acceptors (Lipinski definition) is 7. The molecule has 50 heavy (non-hydrogen) atoms. The van der Waals surface area contributed by atoms with Crippen molar-refractivity contribution < 1.29 is 33.6 Å². The van der Waals surface area contributed by atoms with Crippen molar-refractivity contribution in [1.29, 1.82) is 0 Å². The SMILES string of the molecule is CC(C)[C@H]1NC(=O)[C@@H](NC(=O)c2ccc(N3CCCC3=O)cc2)CCCNC(=O)CN(C)C(=O)[C@H](Cc2ccccc2)NC(=O)[C@@H](C)NC1=O. The van der Waals surface area contributed by atoms with Crippen LogP contribution in [0.15, 0.2) is 54.6 Å². The summed E-state index contributed by atoms with van der Waals surface area (Å²) >= 11 is 0. The van der Waals surface area contributed by atoms with Crippen LogP contribution >= 0.6 is 0 Å². The summed E-state index contributed by atoms with van der Waals surface area (Å²) in [7, 11) is 1.47. The van der Waals surface area contributed by atoms with Crippen LogP contribution in [0.25, 0.3) is 0 Å². The van der Waals surface area contributed by atoms with Crippen LogP contribution < -0.4 is 31.5 Å². The molecule has 2 aromatic carbocycles. The summed E-state index contributed by atoms with van der Waals surface area (Å²) in [5.41, 5.74) is 1.75. The number of benzene rings is 2. The van der Waals surface area contributed by atoms with E-state index in [0.29, 0.717) is 25.1 Å². The van der Waals surface area contributed by atoms with Gasteiger partial charge in [-0.15, -0.1) is 0 Å². The van der Waals surface area contributed by atoms with Gasteiger partial charge in [0.2, 0.25) is 35.4 Å². The molecule has 14 heteroatoms. The third-order valence-electron chi connectivity index (χ3n) is 8.78. The molecule has 2 heterocycles. The van der Waals surface area contributed by atoms with Crippen molar-refractivity contribution in [1.82, 2.24) is 31.5 Å². The molecule has 2 aliphatic rings.